The van der Waals surface area contributed by atoms with Gasteiger partial charge in [-0.25, -0.2) is 4.98 Å². The van der Waals surface area contributed by atoms with Crippen LogP contribution in [0.2, 0.25) is 0 Å². The number of oxazole rings is 1. The third-order valence-electron chi connectivity index (χ3n) is 4.78. The zero-order valence-corrected chi connectivity index (χ0v) is 16.7. The van der Waals surface area contributed by atoms with Gasteiger partial charge in [-0.2, -0.15) is 0 Å². The van der Waals surface area contributed by atoms with Crippen LogP contribution in [0.15, 0.2) is 77.5 Å². The predicted molar refractivity (Wildman–Crippen MR) is 116 cm³/mol. The monoisotopic (exact) mass is 382 g/mol. The molecule has 2 aromatic heterocycles. The number of fused-ring (bicyclic) bond motifs is 1. The molecule has 0 radical (unpaired) electrons. The predicted octanol–water partition coefficient (Wildman–Crippen LogP) is 5.94. The molecule has 0 saturated heterocycles. The molecule has 0 aliphatic rings. The van der Waals surface area contributed by atoms with Crippen LogP contribution in [0.3, 0.4) is 0 Å². The first-order valence-electron chi connectivity index (χ1n) is 9.55. The summed E-state index contributed by atoms with van der Waals surface area (Å²) in [6.45, 7) is 6.52. The first-order valence-corrected chi connectivity index (χ1v) is 9.55. The summed E-state index contributed by atoms with van der Waals surface area (Å²) in [6, 6.07) is 19.2. The Kier molecular flexibility index (Phi) is 4.85. The second kappa shape index (κ2) is 7.47. The van der Waals surface area contributed by atoms with Gasteiger partial charge in [-0.15, -0.1) is 0 Å². The summed E-state index contributed by atoms with van der Waals surface area (Å²) >= 11 is 0. The van der Waals surface area contributed by atoms with E-state index in [-0.39, 0.29) is 11.2 Å². The molecule has 4 rings (SSSR count). The molecule has 2 heterocycles. The number of para-hydroxylation sites is 2. The van der Waals surface area contributed by atoms with Gasteiger partial charge >= 0.3 is 0 Å². The van der Waals surface area contributed by atoms with E-state index in [1.807, 2.05) is 42.5 Å². The third-order valence-corrected chi connectivity index (χ3v) is 4.78. The van der Waals surface area contributed by atoms with Crippen molar-refractivity contribution in [3.05, 3.63) is 95.6 Å². The number of hydrogen-bond acceptors (Lipinski definition) is 4. The largest absolute Gasteiger partial charge is 0.436 e. The minimum Gasteiger partial charge on any atom is -0.436 e. The molecule has 29 heavy (non-hydrogen) atoms. The fourth-order valence-corrected chi connectivity index (χ4v) is 3.11. The number of Topliss-reactive ketones (excluding diaryl/α,β-unsaturated/α-hetero) is 1. The van der Waals surface area contributed by atoms with Crippen molar-refractivity contribution in [3.63, 3.8) is 0 Å². The highest BCUT2D eigenvalue weighted by molar-refractivity contribution is 6.31. The number of hydrogen-bond donors (Lipinski definition) is 0. The second-order valence-corrected chi connectivity index (χ2v) is 7.99. The number of carbonyl (C=O) groups is 1. The zero-order valence-electron chi connectivity index (χ0n) is 16.7. The molecule has 4 nitrogen and oxygen atoms in total. The molecule has 0 unspecified atom stereocenters. The highest BCUT2D eigenvalue weighted by Crippen LogP contribution is 2.27. The summed E-state index contributed by atoms with van der Waals surface area (Å²) in [7, 11) is 0. The number of rotatable bonds is 4. The van der Waals surface area contributed by atoms with Crippen molar-refractivity contribution in [3.8, 4) is 0 Å². The minimum atomic E-state index is -0.176. The Morgan fingerprint density at radius 1 is 0.966 bits per heavy atom. The fraction of sp³-hybridized carbons (Fsp3) is 0.160. The zero-order chi connectivity index (χ0) is 20.4. The van der Waals surface area contributed by atoms with E-state index in [2.05, 4.69) is 42.9 Å². The van der Waals surface area contributed by atoms with Gasteiger partial charge in [0.15, 0.2) is 11.4 Å². The molecule has 0 amide bonds. The van der Waals surface area contributed by atoms with Gasteiger partial charge in [-0.1, -0.05) is 57.2 Å². The molecule has 0 N–H and O–H groups in total. The van der Waals surface area contributed by atoms with Crippen LogP contribution in [0.1, 0.15) is 48.1 Å². The molecule has 4 aromatic rings. The second-order valence-electron chi connectivity index (χ2n) is 7.99. The highest BCUT2D eigenvalue weighted by atomic mass is 16.3. The number of carbonyl (C=O) groups excluding carboxylic acids is 1. The highest BCUT2D eigenvalue weighted by Gasteiger charge is 2.20. The number of allylic oxidation sites excluding steroid dienone is 1. The first-order chi connectivity index (χ1) is 13.9. The first kappa shape index (κ1) is 18.8. The molecule has 144 valence electrons. The van der Waals surface area contributed by atoms with Crippen molar-refractivity contribution in [1.82, 2.24) is 9.97 Å². The molecular weight excluding hydrogens is 360 g/mol. The van der Waals surface area contributed by atoms with Crippen LogP contribution in [0.25, 0.3) is 22.7 Å². The van der Waals surface area contributed by atoms with E-state index in [0.29, 0.717) is 22.6 Å². The van der Waals surface area contributed by atoms with Crippen molar-refractivity contribution in [2.24, 2.45) is 0 Å². The number of ketones is 1. The van der Waals surface area contributed by atoms with Gasteiger partial charge in [0, 0.05) is 18.0 Å². The van der Waals surface area contributed by atoms with Crippen LogP contribution in [-0.4, -0.2) is 15.8 Å². The Morgan fingerprint density at radius 3 is 2.38 bits per heavy atom. The van der Waals surface area contributed by atoms with Crippen LogP contribution in [0.5, 0.6) is 0 Å². The number of pyridine rings is 1. The quantitative estimate of drug-likeness (QED) is 0.323. The molecule has 0 spiro atoms. The Balaban J connectivity index is 1.81. The third kappa shape index (κ3) is 4.02. The van der Waals surface area contributed by atoms with E-state index in [9.17, 15) is 4.79 Å². The molecular formula is C25H22N2O2. The van der Waals surface area contributed by atoms with E-state index in [1.165, 1.54) is 5.56 Å². The summed E-state index contributed by atoms with van der Waals surface area (Å²) < 4.78 is 5.90. The number of benzene rings is 2. The Morgan fingerprint density at radius 2 is 1.72 bits per heavy atom. The number of nitrogens with zero attached hydrogens (tertiary/aromatic N) is 2. The summed E-state index contributed by atoms with van der Waals surface area (Å²) in [5, 5.41) is 0. The SMILES string of the molecule is CC(C)(C)c1ccc(C=C(C(=O)c2cccnc2)c2nc3ccccc3o2)cc1. The van der Waals surface area contributed by atoms with Crippen LogP contribution >= 0.6 is 0 Å². The van der Waals surface area contributed by atoms with Crippen molar-refractivity contribution in [2.45, 2.75) is 26.2 Å². The normalized spacial score (nSPS) is 12.3. The van der Waals surface area contributed by atoms with E-state index in [4.69, 9.17) is 4.42 Å². The van der Waals surface area contributed by atoms with E-state index >= 15 is 0 Å². The summed E-state index contributed by atoms with van der Waals surface area (Å²) in [5.41, 5.74) is 4.47. The molecule has 2 aromatic carbocycles. The topological polar surface area (TPSA) is 56.0 Å². The summed E-state index contributed by atoms with van der Waals surface area (Å²) in [4.78, 5) is 21.9. The van der Waals surface area contributed by atoms with Gasteiger partial charge in [0.2, 0.25) is 5.89 Å². The molecule has 0 aliphatic heterocycles. The molecule has 0 aliphatic carbocycles. The van der Waals surface area contributed by atoms with Gasteiger partial charge in [-0.3, -0.25) is 9.78 Å². The lowest BCUT2D eigenvalue weighted by molar-refractivity contribution is 0.105. The van der Waals surface area contributed by atoms with Gasteiger partial charge in [0.05, 0.1) is 5.57 Å². The Labute approximate surface area is 169 Å². The van der Waals surface area contributed by atoms with Gasteiger partial charge in [0.25, 0.3) is 0 Å². The van der Waals surface area contributed by atoms with Gasteiger partial charge < -0.3 is 4.42 Å². The minimum absolute atomic E-state index is 0.0664. The maximum Gasteiger partial charge on any atom is 0.231 e. The number of aromatic nitrogens is 2. The molecule has 0 fully saturated rings. The maximum absolute atomic E-state index is 13.2. The van der Waals surface area contributed by atoms with E-state index in [0.717, 1.165) is 11.1 Å². The van der Waals surface area contributed by atoms with Crippen LogP contribution < -0.4 is 0 Å². The smallest absolute Gasteiger partial charge is 0.231 e. The fourth-order valence-electron chi connectivity index (χ4n) is 3.11. The average Bonchev–Trinajstić information content (AvgIpc) is 3.16. The molecule has 4 heteroatoms. The maximum atomic E-state index is 13.2. The molecule has 0 bridgehead atoms. The van der Waals surface area contributed by atoms with E-state index < -0.39 is 0 Å². The lowest BCUT2D eigenvalue weighted by Crippen LogP contribution is -2.10. The Hall–Kier alpha value is -3.53. The van der Waals surface area contributed by atoms with Gasteiger partial charge in [-0.05, 0) is 46.9 Å². The van der Waals surface area contributed by atoms with Crippen molar-refractivity contribution in [2.75, 3.05) is 0 Å². The Bertz CT molecular complexity index is 1150. The van der Waals surface area contributed by atoms with Crippen LogP contribution in [-0.2, 0) is 5.41 Å². The van der Waals surface area contributed by atoms with Gasteiger partial charge in [0.1, 0.15) is 5.52 Å². The summed E-state index contributed by atoms with van der Waals surface area (Å²) in [6.07, 6.45) is 5.03. The molecule has 0 saturated carbocycles. The van der Waals surface area contributed by atoms with Crippen molar-refractivity contribution >= 4 is 28.5 Å². The van der Waals surface area contributed by atoms with Crippen LogP contribution in [0, 0.1) is 0 Å². The average molecular weight is 382 g/mol. The van der Waals surface area contributed by atoms with Crippen molar-refractivity contribution < 1.29 is 9.21 Å². The van der Waals surface area contributed by atoms with Crippen molar-refractivity contribution in [1.29, 1.82) is 0 Å². The summed E-state index contributed by atoms with van der Waals surface area (Å²) in [5.74, 6) is 0.129. The van der Waals surface area contributed by atoms with Crippen LogP contribution in [0.4, 0.5) is 0 Å². The lowest BCUT2D eigenvalue weighted by Gasteiger charge is -2.18. The lowest BCUT2D eigenvalue weighted by atomic mass is 9.86. The van der Waals surface area contributed by atoms with E-state index in [1.54, 1.807) is 24.5 Å². The standard InChI is InChI=1S/C25H22N2O2/c1-25(2,3)19-12-10-17(11-13-19)15-20(23(28)18-7-6-14-26-16-18)24-27-21-8-4-5-9-22(21)29-24/h4-16H,1-3H3. The molecule has 0 atom stereocenters.